The molecule has 0 aliphatic carbocycles. The number of ether oxygens (including phenoxy) is 1. The Hall–Kier alpha value is -3.77. The second-order valence-electron chi connectivity index (χ2n) is 7.18. The summed E-state index contributed by atoms with van der Waals surface area (Å²) in [7, 11) is 1.78. The summed E-state index contributed by atoms with van der Waals surface area (Å²) in [5.41, 5.74) is 5.99. The summed E-state index contributed by atoms with van der Waals surface area (Å²) < 4.78 is 6.93. The van der Waals surface area contributed by atoms with E-state index in [1.165, 1.54) is 0 Å². The highest BCUT2D eigenvalue weighted by Gasteiger charge is 2.14. The lowest BCUT2D eigenvalue weighted by molar-refractivity contribution is 0.0993. The Morgan fingerprint density at radius 3 is 2.68 bits per heavy atom. The second-order valence-corrected chi connectivity index (χ2v) is 8.06. The van der Waals surface area contributed by atoms with E-state index in [1.54, 1.807) is 35.4 Å². The highest BCUT2D eigenvalue weighted by atomic mass is 32.1. The zero-order valence-corrected chi connectivity index (χ0v) is 17.7. The highest BCUT2D eigenvalue weighted by Crippen LogP contribution is 2.25. The van der Waals surface area contributed by atoms with Crippen LogP contribution in [0.25, 0.3) is 21.1 Å². The van der Waals surface area contributed by atoms with Crippen molar-refractivity contribution in [2.45, 2.75) is 6.61 Å². The zero-order valence-electron chi connectivity index (χ0n) is 16.9. The third kappa shape index (κ3) is 3.98. The van der Waals surface area contributed by atoms with E-state index in [1.807, 2.05) is 72.2 Å². The Labute approximate surface area is 183 Å². The molecule has 152 valence electrons. The number of para-hydroxylation sites is 1. The Kier molecular flexibility index (Phi) is 5.06. The first-order chi connectivity index (χ1) is 15.2. The van der Waals surface area contributed by atoms with Crippen LogP contribution in [0, 0.1) is 0 Å². The Morgan fingerprint density at radius 2 is 1.81 bits per heavy atom. The number of hydrogen-bond acceptors (Lipinski definition) is 5. The normalized spacial score (nSPS) is 11.0. The van der Waals surface area contributed by atoms with E-state index in [4.69, 9.17) is 4.74 Å². The summed E-state index contributed by atoms with van der Waals surface area (Å²) in [4.78, 5) is 23.4. The number of carbonyl (C=O) groups is 1. The molecule has 1 amide bonds. The standard InChI is InChI=1S/C25H19N3O2S/c1-28(20-10-13-23-24(14-20)31-16-26-23)25(29)18-7-11-21(12-8-18)30-15-19-9-6-17-4-2-3-5-22(17)27-19/h2-14,16H,15H2,1H3. The monoisotopic (exact) mass is 425 g/mol. The van der Waals surface area contributed by atoms with Gasteiger partial charge in [-0.15, -0.1) is 11.3 Å². The number of carbonyl (C=O) groups excluding carboxylic acids is 1. The summed E-state index contributed by atoms with van der Waals surface area (Å²) in [6.07, 6.45) is 0. The molecule has 0 N–H and O–H groups in total. The highest BCUT2D eigenvalue weighted by molar-refractivity contribution is 7.16. The SMILES string of the molecule is CN(C(=O)c1ccc(OCc2ccc3ccccc3n2)cc1)c1ccc2ncsc2c1. The average Bonchev–Trinajstić information content (AvgIpc) is 3.30. The fourth-order valence-corrected chi connectivity index (χ4v) is 4.11. The third-order valence-corrected chi connectivity index (χ3v) is 5.94. The molecular formula is C25H19N3O2S. The summed E-state index contributed by atoms with van der Waals surface area (Å²) in [5.74, 6) is 0.617. The minimum absolute atomic E-state index is 0.0772. The Bertz CT molecular complexity index is 1380. The molecular weight excluding hydrogens is 406 g/mol. The molecule has 0 saturated heterocycles. The molecule has 0 saturated carbocycles. The molecule has 0 aliphatic heterocycles. The van der Waals surface area contributed by atoms with Gasteiger partial charge in [0.2, 0.25) is 0 Å². The van der Waals surface area contributed by atoms with Crippen molar-refractivity contribution in [1.29, 1.82) is 0 Å². The van der Waals surface area contributed by atoms with Gasteiger partial charge in [0.25, 0.3) is 5.91 Å². The van der Waals surface area contributed by atoms with Crippen LogP contribution in [0.4, 0.5) is 5.69 Å². The quantitative estimate of drug-likeness (QED) is 0.362. The Morgan fingerprint density at radius 1 is 0.968 bits per heavy atom. The van der Waals surface area contributed by atoms with Crippen molar-refractivity contribution in [2.24, 2.45) is 0 Å². The maximum Gasteiger partial charge on any atom is 0.258 e. The lowest BCUT2D eigenvalue weighted by Crippen LogP contribution is -2.26. The van der Waals surface area contributed by atoms with Gasteiger partial charge in [-0.25, -0.2) is 9.97 Å². The van der Waals surface area contributed by atoms with Gasteiger partial charge >= 0.3 is 0 Å². The second kappa shape index (κ2) is 8.16. The van der Waals surface area contributed by atoms with Gasteiger partial charge in [0.1, 0.15) is 12.4 Å². The number of pyridine rings is 1. The topological polar surface area (TPSA) is 55.3 Å². The third-order valence-electron chi connectivity index (χ3n) is 5.15. The molecule has 0 spiro atoms. The van der Waals surface area contributed by atoms with Gasteiger partial charge in [-0.3, -0.25) is 4.79 Å². The molecule has 2 aromatic heterocycles. The van der Waals surface area contributed by atoms with Crippen LogP contribution in [0.2, 0.25) is 0 Å². The molecule has 0 fully saturated rings. The van der Waals surface area contributed by atoms with Crippen molar-refractivity contribution in [1.82, 2.24) is 9.97 Å². The Balaban J connectivity index is 1.26. The van der Waals surface area contributed by atoms with E-state index in [0.29, 0.717) is 17.9 Å². The largest absolute Gasteiger partial charge is 0.487 e. The van der Waals surface area contributed by atoms with Gasteiger partial charge in [0.15, 0.2) is 0 Å². The first kappa shape index (κ1) is 19.2. The maximum atomic E-state index is 12.9. The van der Waals surface area contributed by atoms with Crippen molar-refractivity contribution in [3.63, 3.8) is 0 Å². The number of rotatable bonds is 5. The molecule has 5 aromatic rings. The minimum Gasteiger partial charge on any atom is -0.487 e. The number of amides is 1. The van der Waals surface area contributed by atoms with Crippen LogP contribution in [0.3, 0.4) is 0 Å². The first-order valence-corrected chi connectivity index (χ1v) is 10.7. The predicted octanol–water partition coefficient (Wildman–Crippen LogP) is 5.70. The lowest BCUT2D eigenvalue weighted by Gasteiger charge is -2.17. The van der Waals surface area contributed by atoms with Crippen molar-refractivity contribution in [2.75, 3.05) is 11.9 Å². The molecule has 0 aliphatic rings. The van der Waals surface area contributed by atoms with Gasteiger partial charge in [-0.2, -0.15) is 0 Å². The lowest BCUT2D eigenvalue weighted by atomic mass is 10.1. The minimum atomic E-state index is -0.0772. The van der Waals surface area contributed by atoms with Crippen LogP contribution in [-0.2, 0) is 6.61 Å². The number of benzene rings is 3. The molecule has 0 radical (unpaired) electrons. The first-order valence-electron chi connectivity index (χ1n) is 9.86. The average molecular weight is 426 g/mol. The van der Waals surface area contributed by atoms with Gasteiger partial charge < -0.3 is 9.64 Å². The zero-order chi connectivity index (χ0) is 21.2. The number of anilines is 1. The van der Waals surface area contributed by atoms with Crippen LogP contribution in [0.5, 0.6) is 5.75 Å². The number of aromatic nitrogens is 2. The van der Waals surface area contributed by atoms with Gasteiger partial charge in [0, 0.05) is 23.7 Å². The molecule has 3 aromatic carbocycles. The molecule has 0 atom stereocenters. The molecule has 5 nitrogen and oxygen atoms in total. The maximum absolute atomic E-state index is 12.9. The molecule has 5 rings (SSSR count). The molecule has 0 bridgehead atoms. The van der Waals surface area contributed by atoms with E-state index in [0.717, 1.165) is 32.5 Å². The van der Waals surface area contributed by atoms with Gasteiger partial charge in [0.05, 0.1) is 26.9 Å². The van der Waals surface area contributed by atoms with Crippen molar-refractivity contribution in [3.05, 3.63) is 95.6 Å². The fraction of sp³-hybridized carbons (Fsp3) is 0.0800. The molecule has 0 unspecified atom stereocenters. The van der Waals surface area contributed by atoms with Crippen LogP contribution in [0.15, 0.2) is 84.4 Å². The number of hydrogen-bond donors (Lipinski definition) is 0. The van der Waals surface area contributed by atoms with E-state index < -0.39 is 0 Å². The molecule has 6 heteroatoms. The summed E-state index contributed by atoms with van der Waals surface area (Å²) in [6, 6.07) is 25.0. The summed E-state index contributed by atoms with van der Waals surface area (Å²) >= 11 is 1.56. The fourth-order valence-electron chi connectivity index (χ4n) is 3.40. The molecule has 31 heavy (non-hydrogen) atoms. The van der Waals surface area contributed by atoms with E-state index in [9.17, 15) is 4.79 Å². The van der Waals surface area contributed by atoms with Crippen molar-refractivity contribution >= 4 is 44.1 Å². The smallest absolute Gasteiger partial charge is 0.258 e. The number of thiazole rings is 1. The number of fused-ring (bicyclic) bond motifs is 2. The van der Waals surface area contributed by atoms with E-state index >= 15 is 0 Å². The predicted molar refractivity (Wildman–Crippen MR) is 125 cm³/mol. The van der Waals surface area contributed by atoms with Crippen LogP contribution >= 0.6 is 11.3 Å². The molecule has 2 heterocycles. The van der Waals surface area contributed by atoms with E-state index in [-0.39, 0.29) is 5.91 Å². The van der Waals surface area contributed by atoms with Crippen molar-refractivity contribution in [3.8, 4) is 5.75 Å². The van der Waals surface area contributed by atoms with Gasteiger partial charge in [-0.1, -0.05) is 24.3 Å². The van der Waals surface area contributed by atoms with Crippen LogP contribution < -0.4 is 9.64 Å². The summed E-state index contributed by atoms with van der Waals surface area (Å²) in [5, 5.41) is 1.10. The summed E-state index contributed by atoms with van der Waals surface area (Å²) in [6.45, 7) is 0.368. The number of nitrogens with zero attached hydrogens (tertiary/aromatic N) is 3. The van der Waals surface area contributed by atoms with E-state index in [2.05, 4.69) is 9.97 Å². The van der Waals surface area contributed by atoms with Crippen LogP contribution in [0.1, 0.15) is 16.1 Å². The van der Waals surface area contributed by atoms with Gasteiger partial charge in [-0.05, 0) is 54.6 Å². The van der Waals surface area contributed by atoms with Crippen molar-refractivity contribution < 1.29 is 9.53 Å². The van der Waals surface area contributed by atoms with Crippen LogP contribution in [-0.4, -0.2) is 22.9 Å².